The Labute approximate surface area is 133 Å². The summed E-state index contributed by atoms with van der Waals surface area (Å²) in [5.74, 6) is 0.913. The highest BCUT2D eigenvalue weighted by atomic mass is 16.6. The van der Waals surface area contributed by atoms with Crippen LogP contribution in [0.3, 0.4) is 0 Å². The molecular weight excluding hydrogens is 282 g/mol. The molecule has 0 aliphatic rings. The minimum absolute atomic E-state index is 0.130. The summed E-state index contributed by atoms with van der Waals surface area (Å²) in [5.41, 5.74) is 0.616. The lowest BCUT2D eigenvalue weighted by molar-refractivity contribution is 0.0523. The molecule has 0 bridgehead atoms. The zero-order valence-corrected chi connectivity index (χ0v) is 14.7. The first-order valence-corrected chi connectivity index (χ1v) is 7.48. The summed E-state index contributed by atoms with van der Waals surface area (Å²) in [6, 6.07) is 0.130. The number of carbonyl (C=O) groups excluding carboxylic acids is 1. The van der Waals surface area contributed by atoms with Crippen molar-refractivity contribution in [1.82, 2.24) is 20.2 Å². The second-order valence-electron chi connectivity index (χ2n) is 6.67. The van der Waals surface area contributed by atoms with Gasteiger partial charge >= 0.3 is 6.09 Å². The van der Waals surface area contributed by atoms with Gasteiger partial charge in [0.1, 0.15) is 5.60 Å². The van der Waals surface area contributed by atoms with Crippen molar-refractivity contribution in [2.75, 3.05) is 25.5 Å². The van der Waals surface area contributed by atoms with E-state index in [-0.39, 0.29) is 6.04 Å². The van der Waals surface area contributed by atoms with Crippen molar-refractivity contribution in [2.24, 2.45) is 7.05 Å². The SMILES string of the molecule is CC(CNC(=O)OC(C)(C)C)NCc1cnc(N(C)C)n1C. The number of alkyl carbamates (subject to hydrolysis) is 1. The van der Waals surface area contributed by atoms with Crippen LogP contribution in [0.2, 0.25) is 0 Å². The Balaban J connectivity index is 2.37. The Morgan fingerprint density at radius 3 is 2.59 bits per heavy atom. The van der Waals surface area contributed by atoms with Crippen molar-refractivity contribution in [3.05, 3.63) is 11.9 Å². The molecule has 0 aliphatic carbocycles. The number of anilines is 1. The van der Waals surface area contributed by atoms with Crippen molar-refractivity contribution >= 4 is 12.0 Å². The molecule has 126 valence electrons. The molecule has 1 rings (SSSR count). The second kappa shape index (κ2) is 7.49. The Hall–Kier alpha value is -1.76. The molecule has 22 heavy (non-hydrogen) atoms. The average molecular weight is 311 g/mol. The number of rotatable bonds is 6. The van der Waals surface area contributed by atoms with E-state index in [1.54, 1.807) is 0 Å². The topological polar surface area (TPSA) is 71.4 Å². The number of amides is 1. The van der Waals surface area contributed by atoms with E-state index in [2.05, 4.69) is 15.6 Å². The van der Waals surface area contributed by atoms with E-state index in [1.807, 2.05) is 64.5 Å². The first-order chi connectivity index (χ1) is 10.1. The number of imidazole rings is 1. The van der Waals surface area contributed by atoms with Gasteiger partial charge in [-0.2, -0.15) is 0 Å². The van der Waals surface area contributed by atoms with Crippen LogP contribution >= 0.6 is 0 Å². The van der Waals surface area contributed by atoms with E-state index >= 15 is 0 Å². The van der Waals surface area contributed by atoms with E-state index in [1.165, 1.54) is 0 Å². The highest BCUT2D eigenvalue weighted by molar-refractivity contribution is 5.67. The maximum atomic E-state index is 11.6. The minimum atomic E-state index is -0.474. The van der Waals surface area contributed by atoms with Crippen LogP contribution in [-0.2, 0) is 18.3 Å². The van der Waals surface area contributed by atoms with E-state index in [0.29, 0.717) is 13.1 Å². The number of carbonyl (C=O) groups is 1. The lowest BCUT2D eigenvalue weighted by atomic mass is 10.2. The van der Waals surface area contributed by atoms with Gasteiger partial charge in [0.25, 0.3) is 0 Å². The van der Waals surface area contributed by atoms with Crippen LogP contribution < -0.4 is 15.5 Å². The molecule has 0 spiro atoms. The molecule has 1 aromatic heterocycles. The van der Waals surface area contributed by atoms with Gasteiger partial charge in [-0.05, 0) is 27.7 Å². The van der Waals surface area contributed by atoms with Crippen molar-refractivity contribution < 1.29 is 9.53 Å². The van der Waals surface area contributed by atoms with Gasteiger partial charge in [0, 0.05) is 40.3 Å². The van der Waals surface area contributed by atoms with Gasteiger partial charge in [0.05, 0.1) is 11.9 Å². The molecule has 2 N–H and O–H groups in total. The molecule has 1 atom stereocenters. The van der Waals surface area contributed by atoms with Crippen LogP contribution in [0.15, 0.2) is 6.20 Å². The molecule has 0 fully saturated rings. The van der Waals surface area contributed by atoms with Gasteiger partial charge in [-0.3, -0.25) is 0 Å². The summed E-state index contributed by atoms with van der Waals surface area (Å²) >= 11 is 0. The predicted octanol–water partition coefficient (Wildman–Crippen LogP) is 1.49. The third-order valence-corrected chi connectivity index (χ3v) is 3.04. The summed E-state index contributed by atoms with van der Waals surface area (Å²) < 4.78 is 7.24. The van der Waals surface area contributed by atoms with E-state index < -0.39 is 11.7 Å². The number of hydrogen-bond donors (Lipinski definition) is 2. The molecule has 1 unspecified atom stereocenters. The maximum Gasteiger partial charge on any atom is 0.407 e. The molecule has 0 radical (unpaired) electrons. The Morgan fingerprint density at radius 1 is 1.45 bits per heavy atom. The number of nitrogens with zero attached hydrogens (tertiary/aromatic N) is 3. The Kier molecular flexibility index (Phi) is 6.22. The van der Waals surface area contributed by atoms with Gasteiger partial charge in [0.15, 0.2) is 0 Å². The van der Waals surface area contributed by atoms with Crippen LogP contribution in [0.5, 0.6) is 0 Å². The van der Waals surface area contributed by atoms with Gasteiger partial charge in [-0.15, -0.1) is 0 Å². The van der Waals surface area contributed by atoms with Crippen LogP contribution in [0.1, 0.15) is 33.4 Å². The Bertz CT molecular complexity index is 491. The zero-order chi connectivity index (χ0) is 16.9. The van der Waals surface area contributed by atoms with E-state index in [9.17, 15) is 4.79 Å². The van der Waals surface area contributed by atoms with Gasteiger partial charge in [-0.1, -0.05) is 0 Å². The smallest absolute Gasteiger partial charge is 0.407 e. The van der Waals surface area contributed by atoms with Gasteiger partial charge in [-0.25, -0.2) is 9.78 Å². The average Bonchev–Trinajstić information content (AvgIpc) is 2.73. The standard InChI is InChI=1S/C15H29N5O2/c1-11(8-18-14(21)22-15(2,3)4)16-9-12-10-17-13(19(5)6)20(12)7/h10-11,16H,8-9H2,1-7H3,(H,18,21). The zero-order valence-electron chi connectivity index (χ0n) is 14.7. The van der Waals surface area contributed by atoms with Crippen LogP contribution in [0, 0.1) is 0 Å². The van der Waals surface area contributed by atoms with Gasteiger partial charge in [0.2, 0.25) is 5.95 Å². The quantitative estimate of drug-likeness (QED) is 0.833. The van der Waals surface area contributed by atoms with Crippen LogP contribution in [0.4, 0.5) is 10.7 Å². The molecule has 0 saturated carbocycles. The predicted molar refractivity (Wildman–Crippen MR) is 88.1 cm³/mol. The fourth-order valence-electron chi connectivity index (χ4n) is 1.92. The van der Waals surface area contributed by atoms with Crippen LogP contribution in [-0.4, -0.2) is 47.9 Å². The molecule has 1 amide bonds. The van der Waals surface area contributed by atoms with Crippen molar-refractivity contribution in [1.29, 1.82) is 0 Å². The summed E-state index contributed by atoms with van der Waals surface area (Å²) in [5, 5.41) is 6.12. The van der Waals surface area contributed by atoms with Gasteiger partial charge < -0.3 is 24.8 Å². The lowest BCUT2D eigenvalue weighted by Crippen LogP contribution is -2.41. The first-order valence-electron chi connectivity index (χ1n) is 7.48. The molecule has 7 nitrogen and oxygen atoms in total. The molecule has 7 heteroatoms. The number of hydrogen-bond acceptors (Lipinski definition) is 5. The highest BCUT2D eigenvalue weighted by Crippen LogP contribution is 2.10. The monoisotopic (exact) mass is 311 g/mol. The van der Waals surface area contributed by atoms with E-state index in [4.69, 9.17) is 4.74 Å². The lowest BCUT2D eigenvalue weighted by Gasteiger charge is -2.21. The van der Waals surface area contributed by atoms with Crippen molar-refractivity contribution in [3.63, 3.8) is 0 Å². The van der Waals surface area contributed by atoms with Crippen molar-refractivity contribution in [2.45, 2.75) is 45.9 Å². The third kappa shape index (κ3) is 5.93. The van der Waals surface area contributed by atoms with Crippen molar-refractivity contribution in [3.8, 4) is 0 Å². The van der Waals surface area contributed by atoms with E-state index in [0.717, 1.165) is 11.6 Å². The normalized spacial score (nSPS) is 12.9. The van der Waals surface area contributed by atoms with Crippen LogP contribution in [0.25, 0.3) is 0 Å². The number of ether oxygens (including phenoxy) is 1. The summed E-state index contributed by atoms with van der Waals surface area (Å²) in [6.07, 6.45) is 1.47. The molecule has 0 saturated heterocycles. The summed E-state index contributed by atoms with van der Waals surface area (Å²) in [4.78, 5) is 17.9. The Morgan fingerprint density at radius 2 is 2.09 bits per heavy atom. The third-order valence-electron chi connectivity index (χ3n) is 3.04. The highest BCUT2D eigenvalue weighted by Gasteiger charge is 2.16. The number of aromatic nitrogens is 2. The molecule has 1 aromatic rings. The first kappa shape index (κ1) is 18.3. The molecule has 0 aliphatic heterocycles. The molecule has 1 heterocycles. The number of nitrogens with one attached hydrogen (secondary N) is 2. The minimum Gasteiger partial charge on any atom is -0.444 e. The largest absolute Gasteiger partial charge is 0.444 e. The molecule has 0 aromatic carbocycles. The summed E-state index contributed by atoms with van der Waals surface area (Å²) in [6.45, 7) is 8.75. The fraction of sp³-hybridized carbons (Fsp3) is 0.733. The summed E-state index contributed by atoms with van der Waals surface area (Å²) in [7, 11) is 5.92. The fourth-order valence-corrected chi connectivity index (χ4v) is 1.92. The molecular formula is C15H29N5O2. The second-order valence-corrected chi connectivity index (χ2v) is 6.67. The maximum absolute atomic E-state index is 11.6.